The van der Waals surface area contributed by atoms with E-state index in [-0.39, 0.29) is 30.6 Å². The molecule has 1 aromatic rings. The number of hydrogen-bond donors (Lipinski definition) is 1. The fourth-order valence-corrected chi connectivity index (χ4v) is 2.41. The van der Waals surface area contributed by atoms with Gasteiger partial charge in [-0.3, -0.25) is 14.4 Å². The summed E-state index contributed by atoms with van der Waals surface area (Å²) in [5, 5.41) is 0. The first-order valence-electron chi connectivity index (χ1n) is 11.8. The van der Waals surface area contributed by atoms with Gasteiger partial charge in [0.1, 0.15) is 18.8 Å². The van der Waals surface area contributed by atoms with Crippen LogP contribution in [0.15, 0.2) is 18.2 Å². The molecule has 10 nitrogen and oxygen atoms in total. The lowest BCUT2D eigenvalue weighted by Gasteiger charge is -2.21. The van der Waals surface area contributed by atoms with Crippen molar-refractivity contribution >= 4 is 24.1 Å². The lowest BCUT2D eigenvalue weighted by Crippen LogP contribution is -2.36. The molecule has 0 aliphatic heterocycles. The summed E-state index contributed by atoms with van der Waals surface area (Å²) < 4.78 is 26.0. The van der Waals surface area contributed by atoms with E-state index in [1.165, 1.54) is 12.1 Å². The molecule has 0 aromatic heterocycles. The van der Waals surface area contributed by atoms with Gasteiger partial charge in [0.2, 0.25) is 0 Å². The molecule has 0 aliphatic rings. The number of esters is 3. The quantitative estimate of drug-likeness (QED) is 0.384. The molecule has 202 valence electrons. The molecule has 0 saturated heterocycles. The predicted octanol–water partition coefficient (Wildman–Crippen LogP) is 3.95. The van der Waals surface area contributed by atoms with Crippen molar-refractivity contribution in [2.24, 2.45) is 16.6 Å². The first kappa shape index (κ1) is 30.9. The van der Waals surface area contributed by atoms with E-state index in [1.54, 1.807) is 68.4 Å². The zero-order valence-electron chi connectivity index (χ0n) is 22.6. The summed E-state index contributed by atoms with van der Waals surface area (Å²) in [5.41, 5.74) is 4.97. The van der Waals surface area contributed by atoms with E-state index in [2.05, 4.69) is 0 Å². The van der Waals surface area contributed by atoms with Crippen LogP contribution in [-0.2, 0) is 35.0 Å². The largest absolute Gasteiger partial charge is 0.508 e. The molecular formula is C26H39NO9. The predicted molar refractivity (Wildman–Crippen MR) is 131 cm³/mol. The van der Waals surface area contributed by atoms with Gasteiger partial charge in [0.25, 0.3) is 0 Å². The Hall–Kier alpha value is -3.14. The number of nitrogens with two attached hydrogens (primary N) is 1. The smallest absolute Gasteiger partial charge is 0.461 e. The summed E-state index contributed by atoms with van der Waals surface area (Å²) in [6.07, 6.45) is -1.87. The zero-order chi connectivity index (χ0) is 27.8. The molecule has 10 heteroatoms. The number of hydrogen-bond acceptors (Lipinski definition) is 10. The molecule has 0 bridgehead atoms. The molecule has 0 radical (unpaired) electrons. The van der Waals surface area contributed by atoms with Crippen LogP contribution >= 0.6 is 0 Å². The van der Waals surface area contributed by atoms with Crippen molar-refractivity contribution in [2.75, 3.05) is 6.61 Å². The Balaban J connectivity index is 2.92. The van der Waals surface area contributed by atoms with Crippen LogP contribution in [0, 0.1) is 10.8 Å². The topological polar surface area (TPSA) is 140 Å². The molecule has 0 aliphatic carbocycles. The first-order chi connectivity index (χ1) is 16.4. The van der Waals surface area contributed by atoms with E-state index >= 15 is 0 Å². The van der Waals surface area contributed by atoms with Crippen molar-refractivity contribution in [1.82, 2.24) is 0 Å². The minimum atomic E-state index is -1.05. The van der Waals surface area contributed by atoms with E-state index in [0.29, 0.717) is 5.56 Å². The maximum atomic E-state index is 12.5. The van der Waals surface area contributed by atoms with Crippen LogP contribution in [0.5, 0.6) is 11.5 Å². The van der Waals surface area contributed by atoms with Crippen molar-refractivity contribution in [2.45, 2.75) is 87.0 Å². The Bertz CT molecular complexity index is 942. The van der Waals surface area contributed by atoms with Crippen LogP contribution in [0.2, 0.25) is 0 Å². The summed E-state index contributed by atoms with van der Waals surface area (Å²) in [5.74, 6) is -1.62. The molecule has 36 heavy (non-hydrogen) atoms. The van der Waals surface area contributed by atoms with Crippen LogP contribution in [-0.4, -0.2) is 48.9 Å². The average Bonchev–Trinajstić information content (AvgIpc) is 2.71. The van der Waals surface area contributed by atoms with Gasteiger partial charge in [0, 0.05) is 0 Å². The highest BCUT2D eigenvalue weighted by atomic mass is 16.7. The van der Waals surface area contributed by atoms with Crippen LogP contribution < -0.4 is 15.2 Å². The van der Waals surface area contributed by atoms with E-state index in [0.717, 1.165) is 0 Å². The standard InChI is InChI=1S/C26H39NO9/c1-15(2)33-24(31)34-16(3)14-32-21(28)18(27)12-17-10-11-19(35-22(29)25(4,5)6)20(13-17)36-23(30)26(7,8)9/h10-11,13,15-16,18H,12,14,27H2,1-9H3/t16-,18-/m0/s1. The second-order valence-corrected chi connectivity index (χ2v) is 10.8. The van der Waals surface area contributed by atoms with Crippen molar-refractivity contribution < 1.29 is 42.9 Å². The van der Waals surface area contributed by atoms with Crippen molar-refractivity contribution in [3.8, 4) is 11.5 Å². The van der Waals surface area contributed by atoms with Crippen molar-refractivity contribution in [3.05, 3.63) is 23.8 Å². The number of carbonyl (C=O) groups is 4. The number of ether oxygens (including phenoxy) is 5. The summed E-state index contributed by atoms with van der Waals surface area (Å²) in [7, 11) is 0. The zero-order valence-corrected chi connectivity index (χ0v) is 22.6. The van der Waals surface area contributed by atoms with Crippen LogP contribution in [0.25, 0.3) is 0 Å². The van der Waals surface area contributed by atoms with Gasteiger partial charge >= 0.3 is 24.1 Å². The van der Waals surface area contributed by atoms with Gasteiger partial charge in [-0.1, -0.05) is 6.07 Å². The third kappa shape index (κ3) is 10.6. The highest BCUT2D eigenvalue weighted by molar-refractivity contribution is 5.81. The van der Waals surface area contributed by atoms with Gasteiger partial charge in [0.05, 0.1) is 16.9 Å². The molecule has 0 spiro atoms. The molecule has 0 heterocycles. The Morgan fingerprint density at radius 1 is 0.833 bits per heavy atom. The fraction of sp³-hybridized carbons (Fsp3) is 0.615. The summed E-state index contributed by atoms with van der Waals surface area (Å²) in [6, 6.07) is 3.54. The third-order valence-electron chi connectivity index (χ3n) is 4.49. The Kier molecular flexibility index (Phi) is 10.9. The third-order valence-corrected chi connectivity index (χ3v) is 4.49. The molecule has 1 aromatic carbocycles. The molecule has 0 saturated carbocycles. The molecule has 2 atom stereocenters. The molecular weight excluding hydrogens is 470 g/mol. The Morgan fingerprint density at radius 3 is 1.86 bits per heavy atom. The highest BCUT2D eigenvalue weighted by Gasteiger charge is 2.29. The lowest BCUT2D eigenvalue weighted by atomic mass is 9.97. The molecule has 0 unspecified atom stereocenters. The lowest BCUT2D eigenvalue weighted by molar-refractivity contribution is -0.148. The van der Waals surface area contributed by atoms with Crippen LogP contribution in [0.4, 0.5) is 4.79 Å². The minimum Gasteiger partial charge on any atom is -0.461 e. The fourth-order valence-electron chi connectivity index (χ4n) is 2.41. The molecule has 1 rings (SSSR count). The second kappa shape index (κ2) is 12.7. The molecule has 0 amide bonds. The maximum Gasteiger partial charge on any atom is 0.508 e. The van der Waals surface area contributed by atoms with Crippen molar-refractivity contribution in [1.29, 1.82) is 0 Å². The minimum absolute atomic E-state index is 0.0382. The summed E-state index contributed by atoms with van der Waals surface area (Å²) >= 11 is 0. The molecule has 0 fully saturated rings. The normalized spacial score (nSPS) is 13.4. The summed E-state index contributed by atoms with van der Waals surface area (Å²) in [4.78, 5) is 48.8. The monoisotopic (exact) mass is 509 g/mol. The second-order valence-electron chi connectivity index (χ2n) is 10.8. The van der Waals surface area contributed by atoms with Gasteiger partial charge in [-0.15, -0.1) is 0 Å². The summed E-state index contributed by atoms with van der Waals surface area (Å²) in [6.45, 7) is 14.9. The van der Waals surface area contributed by atoms with Crippen molar-refractivity contribution in [3.63, 3.8) is 0 Å². The van der Waals surface area contributed by atoms with E-state index < -0.39 is 47.0 Å². The van der Waals surface area contributed by atoms with Gasteiger partial charge < -0.3 is 29.4 Å². The van der Waals surface area contributed by atoms with Gasteiger partial charge in [-0.2, -0.15) is 0 Å². The van der Waals surface area contributed by atoms with E-state index in [4.69, 9.17) is 29.4 Å². The van der Waals surface area contributed by atoms with Crippen LogP contribution in [0.1, 0.15) is 67.9 Å². The average molecular weight is 510 g/mol. The molecule has 2 N–H and O–H groups in total. The van der Waals surface area contributed by atoms with Gasteiger partial charge in [0.15, 0.2) is 11.5 Å². The van der Waals surface area contributed by atoms with Crippen LogP contribution in [0.3, 0.4) is 0 Å². The Morgan fingerprint density at radius 2 is 1.36 bits per heavy atom. The SMILES string of the molecule is CC(C)OC(=O)O[C@@H](C)COC(=O)[C@@H](N)Cc1ccc(OC(=O)C(C)(C)C)c(OC(=O)C(C)(C)C)c1. The van der Waals surface area contributed by atoms with Gasteiger partial charge in [-0.25, -0.2) is 4.79 Å². The number of carbonyl (C=O) groups excluding carboxylic acids is 4. The maximum absolute atomic E-state index is 12.5. The number of rotatable bonds is 9. The highest BCUT2D eigenvalue weighted by Crippen LogP contribution is 2.33. The number of benzene rings is 1. The van der Waals surface area contributed by atoms with Gasteiger partial charge in [-0.05, 0) is 86.4 Å². The van der Waals surface area contributed by atoms with E-state index in [9.17, 15) is 19.2 Å². The first-order valence-corrected chi connectivity index (χ1v) is 11.8. The Labute approximate surface area is 212 Å². The van der Waals surface area contributed by atoms with E-state index in [1.807, 2.05) is 0 Å².